The molecule has 20 heavy (non-hydrogen) atoms. The van der Waals surface area contributed by atoms with Gasteiger partial charge in [0.1, 0.15) is 11.6 Å². The first-order valence-corrected chi connectivity index (χ1v) is 7.18. The van der Waals surface area contributed by atoms with E-state index in [0.717, 1.165) is 30.3 Å². The molecule has 0 aromatic heterocycles. The fourth-order valence-electron chi connectivity index (χ4n) is 1.52. The number of rotatable bonds is 3. The van der Waals surface area contributed by atoms with E-state index in [1.807, 2.05) is 4.72 Å². The summed E-state index contributed by atoms with van der Waals surface area (Å²) >= 11 is 5.56. The maximum Gasteiger partial charge on any atom is 0.262 e. The van der Waals surface area contributed by atoms with Crippen LogP contribution in [0, 0.1) is 11.6 Å². The van der Waals surface area contributed by atoms with E-state index in [-0.39, 0.29) is 16.4 Å². The van der Waals surface area contributed by atoms with Gasteiger partial charge in [-0.15, -0.1) is 0 Å². The van der Waals surface area contributed by atoms with Crippen molar-refractivity contribution in [3.63, 3.8) is 0 Å². The molecule has 0 aliphatic heterocycles. The number of hydrogen-bond acceptors (Lipinski definition) is 3. The Bertz CT molecular complexity index is 746. The molecule has 106 valence electrons. The third-order valence-electron chi connectivity index (χ3n) is 2.38. The molecule has 0 fully saturated rings. The molecule has 4 nitrogen and oxygen atoms in total. The Hall–Kier alpha value is -1.86. The van der Waals surface area contributed by atoms with E-state index < -0.39 is 26.6 Å². The third-order valence-corrected chi connectivity index (χ3v) is 3.96. The second-order valence-corrected chi connectivity index (χ2v) is 6.07. The van der Waals surface area contributed by atoms with Gasteiger partial charge in [-0.25, -0.2) is 17.2 Å². The minimum absolute atomic E-state index is 0.0537. The molecule has 0 amide bonds. The van der Waals surface area contributed by atoms with Crippen molar-refractivity contribution in [1.29, 1.82) is 0 Å². The molecule has 0 aliphatic carbocycles. The molecular weight excluding hydrogens is 310 g/mol. The Balaban J connectivity index is 2.40. The van der Waals surface area contributed by atoms with Crippen molar-refractivity contribution in [3.8, 4) is 0 Å². The molecule has 2 aromatic rings. The Kier molecular flexibility index (Phi) is 3.82. The first-order chi connectivity index (χ1) is 9.28. The van der Waals surface area contributed by atoms with Crippen molar-refractivity contribution >= 4 is 33.0 Å². The zero-order valence-corrected chi connectivity index (χ0v) is 11.5. The predicted octanol–water partition coefficient (Wildman–Crippen LogP) is 3.00. The standard InChI is InChI=1S/C12H9ClF2N2O2S/c13-7-1-2-12(11(15)3-7)17-20(18,19)10-5-8(14)4-9(16)6-10/h1-6,17H,16H2. The summed E-state index contributed by atoms with van der Waals surface area (Å²) in [5.74, 6) is -1.65. The zero-order chi connectivity index (χ0) is 14.9. The second kappa shape index (κ2) is 5.26. The van der Waals surface area contributed by atoms with Crippen LogP contribution in [0.15, 0.2) is 41.3 Å². The summed E-state index contributed by atoms with van der Waals surface area (Å²) in [4.78, 5) is -0.399. The highest BCUT2D eigenvalue weighted by atomic mass is 35.5. The highest BCUT2D eigenvalue weighted by Gasteiger charge is 2.18. The summed E-state index contributed by atoms with van der Waals surface area (Å²) in [7, 11) is -4.15. The van der Waals surface area contributed by atoms with Gasteiger partial charge in [0.15, 0.2) is 0 Å². The first kappa shape index (κ1) is 14.5. The Labute approximate surface area is 119 Å². The van der Waals surface area contributed by atoms with Gasteiger partial charge in [0.2, 0.25) is 0 Å². The fraction of sp³-hybridized carbons (Fsp3) is 0. The van der Waals surface area contributed by atoms with Crippen LogP contribution in [-0.4, -0.2) is 8.42 Å². The van der Waals surface area contributed by atoms with E-state index in [9.17, 15) is 17.2 Å². The van der Waals surface area contributed by atoms with Gasteiger partial charge >= 0.3 is 0 Å². The Morgan fingerprint density at radius 3 is 2.40 bits per heavy atom. The van der Waals surface area contributed by atoms with Crippen molar-refractivity contribution in [3.05, 3.63) is 53.1 Å². The highest BCUT2D eigenvalue weighted by molar-refractivity contribution is 7.92. The van der Waals surface area contributed by atoms with Gasteiger partial charge in [0, 0.05) is 10.7 Å². The van der Waals surface area contributed by atoms with Crippen molar-refractivity contribution in [1.82, 2.24) is 0 Å². The van der Waals surface area contributed by atoms with Crippen LogP contribution in [0.2, 0.25) is 5.02 Å². The SMILES string of the molecule is Nc1cc(F)cc(S(=O)(=O)Nc2ccc(Cl)cc2F)c1. The largest absolute Gasteiger partial charge is 0.399 e. The summed E-state index contributed by atoms with van der Waals surface area (Å²) < 4.78 is 52.7. The van der Waals surface area contributed by atoms with E-state index in [1.165, 1.54) is 6.07 Å². The lowest BCUT2D eigenvalue weighted by Crippen LogP contribution is -2.14. The lowest BCUT2D eigenvalue weighted by molar-refractivity contribution is 0.593. The summed E-state index contributed by atoms with van der Waals surface area (Å²) in [6, 6.07) is 6.27. The average molecular weight is 319 g/mol. The van der Waals surface area contributed by atoms with E-state index in [1.54, 1.807) is 0 Å². The highest BCUT2D eigenvalue weighted by Crippen LogP contribution is 2.23. The van der Waals surface area contributed by atoms with Crippen LogP contribution < -0.4 is 10.5 Å². The van der Waals surface area contributed by atoms with Gasteiger partial charge in [-0.05, 0) is 36.4 Å². The van der Waals surface area contributed by atoms with Crippen molar-refractivity contribution in [2.24, 2.45) is 0 Å². The molecule has 0 saturated carbocycles. The molecule has 0 atom stereocenters. The van der Waals surface area contributed by atoms with Crippen LogP contribution in [0.4, 0.5) is 20.2 Å². The smallest absolute Gasteiger partial charge is 0.262 e. The van der Waals surface area contributed by atoms with Crippen LogP contribution in [0.1, 0.15) is 0 Å². The maximum atomic E-state index is 13.5. The maximum absolute atomic E-state index is 13.5. The molecule has 3 N–H and O–H groups in total. The molecule has 0 bridgehead atoms. The number of nitrogen functional groups attached to an aromatic ring is 1. The zero-order valence-electron chi connectivity index (χ0n) is 9.90. The van der Waals surface area contributed by atoms with E-state index >= 15 is 0 Å². The topological polar surface area (TPSA) is 72.2 Å². The van der Waals surface area contributed by atoms with E-state index in [4.69, 9.17) is 17.3 Å². The molecule has 0 heterocycles. The van der Waals surface area contributed by atoms with Gasteiger partial charge < -0.3 is 5.73 Å². The third kappa shape index (κ3) is 3.17. The van der Waals surface area contributed by atoms with Crippen LogP contribution in [0.3, 0.4) is 0 Å². The van der Waals surface area contributed by atoms with Crippen LogP contribution in [-0.2, 0) is 10.0 Å². The number of nitrogens with two attached hydrogens (primary N) is 1. The van der Waals surface area contributed by atoms with E-state index in [2.05, 4.69) is 0 Å². The molecule has 0 unspecified atom stereocenters. The fourth-order valence-corrected chi connectivity index (χ4v) is 2.81. The molecule has 8 heteroatoms. The monoisotopic (exact) mass is 318 g/mol. The number of sulfonamides is 1. The first-order valence-electron chi connectivity index (χ1n) is 5.32. The Morgan fingerprint density at radius 1 is 1.10 bits per heavy atom. The quantitative estimate of drug-likeness (QED) is 0.854. The normalized spacial score (nSPS) is 11.3. The minimum atomic E-state index is -4.15. The average Bonchev–Trinajstić information content (AvgIpc) is 2.31. The minimum Gasteiger partial charge on any atom is -0.399 e. The number of halogens is 3. The predicted molar refractivity (Wildman–Crippen MR) is 73.0 cm³/mol. The molecular formula is C12H9ClF2N2O2S. The van der Waals surface area contributed by atoms with Gasteiger partial charge in [0.25, 0.3) is 10.0 Å². The van der Waals surface area contributed by atoms with Gasteiger partial charge in [-0.3, -0.25) is 4.72 Å². The van der Waals surface area contributed by atoms with Crippen molar-refractivity contribution < 1.29 is 17.2 Å². The van der Waals surface area contributed by atoms with Crippen molar-refractivity contribution in [2.45, 2.75) is 4.90 Å². The van der Waals surface area contributed by atoms with Gasteiger partial charge in [-0.2, -0.15) is 0 Å². The summed E-state index contributed by atoms with van der Waals surface area (Å²) in [5.41, 5.74) is 5.03. The molecule has 0 radical (unpaired) electrons. The van der Waals surface area contributed by atoms with Gasteiger partial charge in [0.05, 0.1) is 10.6 Å². The Morgan fingerprint density at radius 2 is 1.80 bits per heavy atom. The summed E-state index contributed by atoms with van der Waals surface area (Å²) in [6.45, 7) is 0. The van der Waals surface area contributed by atoms with Crippen LogP contribution >= 0.6 is 11.6 Å². The lowest BCUT2D eigenvalue weighted by atomic mass is 10.3. The number of hydrogen-bond donors (Lipinski definition) is 2. The number of benzene rings is 2. The van der Waals surface area contributed by atoms with Crippen LogP contribution in [0.25, 0.3) is 0 Å². The second-order valence-electron chi connectivity index (χ2n) is 3.95. The molecule has 0 saturated heterocycles. The van der Waals surface area contributed by atoms with Gasteiger partial charge in [-0.1, -0.05) is 11.6 Å². The molecule has 2 rings (SSSR count). The molecule has 0 aliphatic rings. The van der Waals surface area contributed by atoms with Crippen LogP contribution in [0.5, 0.6) is 0 Å². The molecule has 0 spiro atoms. The number of anilines is 2. The lowest BCUT2D eigenvalue weighted by Gasteiger charge is -2.10. The van der Waals surface area contributed by atoms with E-state index in [0.29, 0.717) is 0 Å². The summed E-state index contributed by atoms with van der Waals surface area (Å²) in [6.07, 6.45) is 0. The van der Waals surface area contributed by atoms with Crippen molar-refractivity contribution in [2.75, 3.05) is 10.5 Å². The summed E-state index contributed by atoms with van der Waals surface area (Å²) in [5, 5.41) is 0.125. The number of nitrogens with one attached hydrogen (secondary N) is 1. The molecule has 2 aromatic carbocycles.